The molecule has 76 valence electrons. The van der Waals surface area contributed by atoms with Crippen molar-refractivity contribution >= 4 is 11.8 Å². The molecule has 1 rings (SSSR count). The van der Waals surface area contributed by atoms with Crippen LogP contribution in [0.5, 0.6) is 0 Å². The van der Waals surface area contributed by atoms with Gasteiger partial charge in [0.1, 0.15) is 11.5 Å². The van der Waals surface area contributed by atoms with Crippen molar-refractivity contribution in [3.8, 4) is 0 Å². The van der Waals surface area contributed by atoms with E-state index in [4.69, 9.17) is 5.11 Å². The van der Waals surface area contributed by atoms with Gasteiger partial charge < -0.3 is 5.11 Å². The first-order valence-corrected chi connectivity index (χ1v) is 3.57. The first-order valence-electron chi connectivity index (χ1n) is 3.57. The number of rotatable bonds is 1. The van der Waals surface area contributed by atoms with Gasteiger partial charge in [-0.15, -0.1) is 0 Å². The van der Waals surface area contributed by atoms with Gasteiger partial charge in [-0.25, -0.2) is 18.0 Å². The van der Waals surface area contributed by atoms with Gasteiger partial charge in [0, 0.05) is 11.6 Å². The minimum atomic E-state index is -1.62. The van der Waals surface area contributed by atoms with Crippen molar-refractivity contribution < 1.29 is 23.1 Å². The highest BCUT2D eigenvalue weighted by atomic mass is 19.1. The van der Waals surface area contributed by atoms with E-state index in [0.29, 0.717) is 6.07 Å². The third kappa shape index (κ3) is 1.78. The van der Waals surface area contributed by atoms with E-state index in [0.717, 1.165) is 6.92 Å². The van der Waals surface area contributed by atoms with Gasteiger partial charge in [-0.2, -0.15) is 0 Å². The molecule has 0 aliphatic carbocycles. The molecular formula is C8H6F3NO2. The van der Waals surface area contributed by atoms with Crippen molar-refractivity contribution in [1.82, 2.24) is 0 Å². The average molecular weight is 205 g/mol. The van der Waals surface area contributed by atoms with Gasteiger partial charge in [0.05, 0.1) is 0 Å². The van der Waals surface area contributed by atoms with Gasteiger partial charge >= 0.3 is 6.09 Å². The topological polar surface area (TPSA) is 49.3 Å². The standard InChI is InChI=1S/C8H6F3NO2/c1-3-4(9)2-5(10)7(6(3)11)12-8(13)14/h2,12H,1H3,(H,13,14). The second kappa shape index (κ2) is 3.57. The summed E-state index contributed by atoms with van der Waals surface area (Å²) in [5.41, 5.74) is -1.30. The zero-order chi connectivity index (χ0) is 10.9. The Balaban J connectivity index is 3.29. The van der Waals surface area contributed by atoms with Crippen LogP contribution in [0.1, 0.15) is 5.56 Å². The van der Waals surface area contributed by atoms with Crippen LogP contribution in [0.3, 0.4) is 0 Å². The number of carboxylic acid groups (broad SMARTS) is 1. The van der Waals surface area contributed by atoms with Crippen molar-refractivity contribution in [1.29, 1.82) is 0 Å². The summed E-state index contributed by atoms with van der Waals surface area (Å²) in [5.74, 6) is -3.59. The van der Waals surface area contributed by atoms with Crippen LogP contribution < -0.4 is 5.32 Å². The third-order valence-electron chi connectivity index (χ3n) is 1.63. The molecule has 1 amide bonds. The molecule has 0 saturated carbocycles. The molecule has 0 fully saturated rings. The Labute approximate surface area is 77.2 Å². The van der Waals surface area contributed by atoms with Crippen LogP contribution >= 0.6 is 0 Å². The van der Waals surface area contributed by atoms with E-state index in [-0.39, 0.29) is 0 Å². The number of benzene rings is 1. The van der Waals surface area contributed by atoms with E-state index in [1.165, 1.54) is 5.32 Å². The highest BCUT2D eigenvalue weighted by Crippen LogP contribution is 2.23. The van der Waals surface area contributed by atoms with Crippen LogP contribution in [0.4, 0.5) is 23.7 Å². The highest BCUT2D eigenvalue weighted by molar-refractivity contribution is 5.83. The quantitative estimate of drug-likeness (QED) is 0.739. The Kier molecular flexibility index (Phi) is 2.64. The van der Waals surface area contributed by atoms with Gasteiger partial charge in [-0.05, 0) is 6.92 Å². The predicted octanol–water partition coefficient (Wildman–Crippen LogP) is 2.50. The van der Waals surface area contributed by atoms with E-state index in [2.05, 4.69) is 0 Å². The summed E-state index contributed by atoms with van der Waals surface area (Å²) in [6.07, 6.45) is -1.62. The molecule has 2 N–H and O–H groups in total. The fourth-order valence-corrected chi connectivity index (χ4v) is 0.910. The van der Waals surface area contributed by atoms with Crippen molar-refractivity contribution in [2.45, 2.75) is 6.92 Å². The van der Waals surface area contributed by atoms with Gasteiger partial charge in [0.25, 0.3) is 0 Å². The molecule has 0 atom stereocenters. The molecule has 6 heteroatoms. The van der Waals surface area contributed by atoms with Crippen molar-refractivity contribution in [3.63, 3.8) is 0 Å². The first kappa shape index (κ1) is 10.4. The van der Waals surface area contributed by atoms with Crippen LogP contribution in [0.15, 0.2) is 6.07 Å². The van der Waals surface area contributed by atoms with E-state index < -0.39 is 34.8 Å². The molecular weight excluding hydrogens is 199 g/mol. The maximum atomic E-state index is 13.1. The molecule has 1 aromatic carbocycles. The van der Waals surface area contributed by atoms with Gasteiger partial charge in [-0.3, -0.25) is 5.32 Å². The Hall–Kier alpha value is -1.72. The lowest BCUT2D eigenvalue weighted by molar-refractivity contribution is 0.209. The third-order valence-corrected chi connectivity index (χ3v) is 1.63. The fraction of sp³-hybridized carbons (Fsp3) is 0.125. The number of carbonyl (C=O) groups is 1. The van der Waals surface area contributed by atoms with Crippen LogP contribution in [-0.2, 0) is 0 Å². The zero-order valence-electron chi connectivity index (χ0n) is 7.07. The number of amides is 1. The fourth-order valence-electron chi connectivity index (χ4n) is 0.910. The molecule has 0 radical (unpaired) electrons. The smallest absolute Gasteiger partial charge is 0.409 e. The summed E-state index contributed by atoms with van der Waals surface area (Å²) in [6.45, 7) is 1.08. The minimum absolute atomic E-state index is 0.420. The number of anilines is 1. The lowest BCUT2D eigenvalue weighted by atomic mass is 10.2. The number of hydrogen-bond donors (Lipinski definition) is 2. The monoisotopic (exact) mass is 205 g/mol. The van der Waals surface area contributed by atoms with Gasteiger partial charge in [0.2, 0.25) is 0 Å². The van der Waals surface area contributed by atoms with Crippen LogP contribution in [-0.4, -0.2) is 11.2 Å². The molecule has 0 saturated heterocycles. The predicted molar refractivity (Wildman–Crippen MR) is 42.7 cm³/mol. The van der Waals surface area contributed by atoms with Crippen LogP contribution in [0, 0.1) is 24.4 Å². The van der Waals surface area contributed by atoms with Crippen molar-refractivity contribution in [3.05, 3.63) is 29.1 Å². The lowest BCUT2D eigenvalue weighted by Gasteiger charge is -2.07. The van der Waals surface area contributed by atoms with Gasteiger partial charge in [0.15, 0.2) is 11.6 Å². The number of hydrogen-bond acceptors (Lipinski definition) is 1. The van der Waals surface area contributed by atoms with Crippen molar-refractivity contribution in [2.24, 2.45) is 0 Å². The molecule has 0 unspecified atom stereocenters. The Morgan fingerprint density at radius 3 is 2.43 bits per heavy atom. The van der Waals surface area contributed by atoms with Gasteiger partial charge in [-0.1, -0.05) is 0 Å². The lowest BCUT2D eigenvalue weighted by Crippen LogP contribution is -2.12. The van der Waals surface area contributed by atoms with Crippen molar-refractivity contribution in [2.75, 3.05) is 5.32 Å². The van der Waals surface area contributed by atoms with Crippen LogP contribution in [0.2, 0.25) is 0 Å². The summed E-state index contributed by atoms with van der Waals surface area (Å²) in [5, 5.41) is 9.75. The number of nitrogens with one attached hydrogen (secondary N) is 1. The second-order valence-electron chi connectivity index (χ2n) is 2.58. The summed E-state index contributed by atoms with van der Waals surface area (Å²) in [4.78, 5) is 10.1. The zero-order valence-corrected chi connectivity index (χ0v) is 7.07. The Morgan fingerprint density at radius 2 is 1.93 bits per heavy atom. The summed E-state index contributed by atoms with van der Waals surface area (Å²) >= 11 is 0. The molecule has 0 aliphatic heterocycles. The average Bonchev–Trinajstić information content (AvgIpc) is 2.09. The summed E-state index contributed by atoms with van der Waals surface area (Å²) < 4.78 is 38.6. The second-order valence-corrected chi connectivity index (χ2v) is 2.58. The van der Waals surface area contributed by atoms with Crippen LogP contribution in [0.25, 0.3) is 0 Å². The molecule has 3 nitrogen and oxygen atoms in total. The maximum absolute atomic E-state index is 13.1. The summed E-state index contributed by atoms with van der Waals surface area (Å²) in [7, 11) is 0. The maximum Gasteiger partial charge on any atom is 0.409 e. The molecule has 0 aliphatic rings. The van der Waals surface area contributed by atoms with E-state index >= 15 is 0 Å². The summed E-state index contributed by atoms with van der Waals surface area (Å²) in [6, 6.07) is 0.420. The SMILES string of the molecule is Cc1c(F)cc(F)c(NC(=O)O)c1F. The molecule has 0 aromatic heterocycles. The largest absolute Gasteiger partial charge is 0.465 e. The molecule has 0 spiro atoms. The Bertz CT molecular complexity index is 393. The first-order chi connectivity index (χ1) is 6.43. The van der Waals surface area contributed by atoms with E-state index in [9.17, 15) is 18.0 Å². The minimum Gasteiger partial charge on any atom is -0.465 e. The molecule has 0 heterocycles. The highest BCUT2D eigenvalue weighted by Gasteiger charge is 2.17. The normalized spacial score (nSPS) is 10.0. The molecule has 1 aromatic rings. The molecule has 0 bridgehead atoms. The number of halogens is 3. The van der Waals surface area contributed by atoms with E-state index in [1.54, 1.807) is 0 Å². The molecule has 14 heavy (non-hydrogen) atoms. The Morgan fingerprint density at radius 1 is 1.36 bits per heavy atom. The van der Waals surface area contributed by atoms with E-state index in [1.807, 2.05) is 0 Å².